The lowest BCUT2D eigenvalue weighted by Crippen LogP contribution is -2.47. The van der Waals surface area contributed by atoms with Crippen LogP contribution in [0.15, 0.2) is 0 Å². The molecule has 0 fully saturated rings. The van der Waals surface area contributed by atoms with Gasteiger partial charge in [0, 0.05) is 12.6 Å². The first-order valence-electron chi connectivity index (χ1n) is 5.15. The Morgan fingerprint density at radius 2 is 1.81 bits per heavy atom. The summed E-state index contributed by atoms with van der Waals surface area (Å²) in [5.74, 6) is -1.63. The number of amides is 1. The van der Waals surface area contributed by atoms with E-state index in [9.17, 15) is 18.0 Å². The van der Waals surface area contributed by atoms with E-state index in [1.165, 1.54) is 0 Å². The second-order valence-corrected chi connectivity index (χ2v) is 4.56. The van der Waals surface area contributed by atoms with Crippen molar-refractivity contribution in [2.24, 2.45) is 5.92 Å². The normalized spacial score (nSPS) is 14.3. The SMILES string of the molecule is CC(C)CC(CN(C)C)NC(=O)C(F)(F)F. The number of alkyl halides is 3. The van der Waals surface area contributed by atoms with Gasteiger partial charge in [-0.2, -0.15) is 13.2 Å². The van der Waals surface area contributed by atoms with E-state index in [1.54, 1.807) is 19.0 Å². The summed E-state index contributed by atoms with van der Waals surface area (Å²) in [5.41, 5.74) is 0. The zero-order chi connectivity index (χ0) is 12.9. The molecule has 0 saturated carbocycles. The van der Waals surface area contributed by atoms with Crippen molar-refractivity contribution in [3.63, 3.8) is 0 Å². The molecule has 1 amide bonds. The smallest absolute Gasteiger partial charge is 0.344 e. The molecule has 1 atom stereocenters. The Balaban J connectivity index is 4.36. The van der Waals surface area contributed by atoms with E-state index in [4.69, 9.17) is 0 Å². The summed E-state index contributed by atoms with van der Waals surface area (Å²) in [6.07, 6.45) is -4.28. The lowest BCUT2D eigenvalue weighted by atomic mass is 10.0. The summed E-state index contributed by atoms with van der Waals surface area (Å²) in [4.78, 5) is 12.5. The Hall–Kier alpha value is -0.780. The molecule has 0 saturated heterocycles. The van der Waals surface area contributed by atoms with Crippen LogP contribution < -0.4 is 5.32 Å². The monoisotopic (exact) mass is 240 g/mol. The second-order valence-electron chi connectivity index (χ2n) is 4.56. The van der Waals surface area contributed by atoms with E-state index in [1.807, 2.05) is 19.2 Å². The van der Waals surface area contributed by atoms with Crippen LogP contribution in [0.3, 0.4) is 0 Å². The summed E-state index contributed by atoms with van der Waals surface area (Å²) in [6.45, 7) is 4.21. The maximum absolute atomic E-state index is 12.1. The van der Waals surface area contributed by atoms with E-state index < -0.39 is 18.1 Å². The fourth-order valence-electron chi connectivity index (χ4n) is 1.46. The van der Waals surface area contributed by atoms with Crippen LogP contribution in [-0.2, 0) is 4.79 Å². The molecule has 0 aliphatic heterocycles. The minimum atomic E-state index is -4.80. The standard InChI is InChI=1S/C10H19F3N2O/c1-7(2)5-8(6-15(3)4)14-9(16)10(11,12)13/h7-8H,5-6H2,1-4H3,(H,14,16). The average molecular weight is 240 g/mol. The van der Waals surface area contributed by atoms with Crippen LogP contribution in [0.5, 0.6) is 0 Å². The number of nitrogens with one attached hydrogen (secondary N) is 1. The van der Waals surface area contributed by atoms with Crippen molar-refractivity contribution in [2.45, 2.75) is 32.5 Å². The second kappa shape index (κ2) is 6.08. The Morgan fingerprint density at radius 1 is 1.31 bits per heavy atom. The van der Waals surface area contributed by atoms with E-state index in [-0.39, 0.29) is 5.92 Å². The van der Waals surface area contributed by atoms with E-state index in [0.29, 0.717) is 13.0 Å². The fraction of sp³-hybridized carbons (Fsp3) is 0.900. The summed E-state index contributed by atoms with van der Waals surface area (Å²) in [5, 5.41) is 2.01. The number of carbonyl (C=O) groups is 1. The van der Waals surface area contributed by atoms with E-state index in [2.05, 4.69) is 0 Å². The van der Waals surface area contributed by atoms with Crippen molar-refractivity contribution < 1.29 is 18.0 Å². The summed E-state index contributed by atoms with van der Waals surface area (Å²) in [6, 6.07) is -0.468. The van der Waals surface area contributed by atoms with Crippen molar-refractivity contribution >= 4 is 5.91 Å². The molecule has 0 aliphatic carbocycles. The Kier molecular flexibility index (Phi) is 5.78. The molecule has 1 unspecified atom stereocenters. The third-order valence-electron chi connectivity index (χ3n) is 1.93. The molecule has 6 heteroatoms. The number of likely N-dealkylation sites (N-methyl/N-ethyl adjacent to an activating group) is 1. The van der Waals surface area contributed by atoms with Crippen LogP contribution in [0.2, 0.25) is 0 Å². The molecule has 0 aromatic carbocycles. The van der Waals surface area contributed by atoms with Crippen molar-refractivity contribution in [1.82, 2.24) is 10.2 Å². The van der Waals surface area contributed by atoms with E-state index in [0.717, 1.165) is 0 Å². The van der Waals surface area contributed by atoms with Gasteiger partial charge in [0.1, 0.15) is 0 Å². The van der Waals surface area contributed by atoms with Crippen molar-refractivity contribution in [3.8, 4) is 0 Å². The van der Waals surface area contributed by atoms with Crippen LogP contribution in [0.25, 0.3) is 0 Å². The molecule has 96 valence electrons. The van der Waals surface area contributed by atoms with Gasteiger partial charge in [0.25, 0.3) is 0 Å². The average Bonchev–Trinajstić information content (AvgIpc) is 1.98. The van der Waals surface area contributed by atoms with Crippen LogP contribution in [0.4, 0.5) is 13.2 Å². The zero-order valence-electron chi connectivity index (χ0n) is 10.1. The van der Waals surface area contributed by atoms with Gasteiger partial charge >= 0.3 is 12.1 Å². The van der Waals surface area contributed by atoms with Crippen molar-refractivity contribution in [1.29, 1.82) is 0 Å². The number of nitrogens with zero attached hydrogens (tertiary/aromatic N) is 1. The highest BCUT2D eigenvalue weighted by molar-refractivity contribution is 5.81. The molecule has 0 spiro atoms. The molecule has 0 aromatic heterocycles. The number of hydrogen-bond acceptors (Lipinski definition) is 2. The minimum absolute atomic E-state index is 0.235. The van der Waals surface area contributed by atoms with Crippen LogP contribution >= 0.6 is 0 Å². The van der Waals surface area contributed by atoms with Gasteiger partial charge in [-0.05, 0) is 26.4 Å². The quantitative estimate of drug-likeness (QED) is 0.792. The maximum atomic E-state index is 12.1. The van der Waals surface area contributed by atoms with E-state index >= 15 is 0 Å². The molecule has 0 bridgehead atoms. The Labute approximate surface area is 94.0 Å². The fourth-order valence-corrected chi connectivity index (χ4v) is 1.46. The van der Waals surface area contributed by atoms with Gasteiger partial charge in [0.2, 0.25) is 0 Å². The Morgan fingerprint density at radius 3 is 2.12 bits per heavy atom. The highest BCUT2D eigenvalue weighted by Gasteiger charge is 2.39. The van der Waals surface area contributed by atoms with Crippen LogP contribution in [0, 0.1) is 5.92 Å². The molecule has 16 heavy (non-hydrogen) atoms. The molecule has 0 radical (unpaired) electrons. The lowest BCUT2D eigenvalue weighted by molar-refractivity contribution is -0.174. The largest absolute Gasteiger partial charge is 0.471 e. The van der Waals surface area contributed by atoms with Gasteiger partial charge in [-0.1, -0.05) is 13.8 Å². The molecule has 1 N–H and O–H groups in total. The summed E-state index contributed by atoms with van der Waals surface area (Å²) in [7, 11) is 3.51. The Bertz CT molecular complexity index is 217. The van der Waals surface area contributed by atoms with Gasteiger partial charge < -0.3 is 10.2 Å². The van der Waals surface area contributed by atoms with Crippen LogP contribution in [0.1, 0.15) is 20.3 Å². The number of rotatable bonds is 5. The highest BCUT2D eigenvalue weighted by Crippen LogP contribution is 2.15. The molecule has 0 aromatic rings. The first-order valence-corrected chi connectivity index (χ1v) is 5.15. The molecule has 3 nitrogen and oxygen atoms in total. The molecule has 0 aliphatic rings. The van der Waals surface area contributed by atoms with Crippen LogP contribution in [-0.4, -0.2) is 43.7 Å². The van der Waals surface area contributed by atoms with Gasteiger partial charge in [-0.3, -0.25) is 4.79 Å². The van der Waals surface area contributed by atoms with Gasteiger partial charge in [-0.15, -0.1) is 0 Å². The molecular weight excluding hydrogens is 221 g/mol. The minimum Gasteiger partial charge on any atom is -0.344 e. The number of halogens is 3. The molecule has 0 heterocycles. The zero-order valence-corrected chi connectivity index (χ0v) is 10.1. The number of carbonyl (C=O) groups excluding carboxylic acids is 1. The topological polar surface area (TPSA) is 32.3 Å². The van der Waals surface area contributed by atoms with Gasteiger partial charge in [0.05, 0.1) is 0 Å². The lowest BCUT2D eigenvalue weighted by Gasteiger charge is -2.24. The highest BCUT2D eigenvalue weighted by atomic mass is 19.4. The first kappa shape index (κ1) is 15.2. The third kappa shape index (κ3) is 6.66. The summed E-state index contributed by atoms with van der Waals surface area (Å²) < 4.78 is 36.2. The summed E-state index contributed by atoms with van der Waals surface area (Å²) >= 11 is 0. The number of hydrogen-bond donors (Lipinski definition) is 1. The predicted molar refractivity (Wildman–Crippen MR) is 56.0 cm³/mol. The van der Waals surface area contributed by atoms with Gasteiger partial charge in [-0.25, -0.2) is 0 Å². The third-order valence-corrected chi connectivity index (χ3v) is 1.93. The maximum Gasteiger partial charge on any atom is 0.471 e. The van der Waals surface area contributed by atoms with Crippen molar-refractivity contribution in [2.75, 3.05) is 20.6 Å². The van der Waals surface area contributed by atoms with Gasteiger partial charge in [0.15, 0.2) is 0 Å². The molecular formula is C10H19F3N2O. The molecule has 0 rings (SSSR count). The first-order chi connectivity index (χ1) is 7.12. The van der Waals surface area contributed by atoms with Crippen molar-refractivity contribution in [3.05, 3.63) is 0 Å². The predicted octanol–water partition coefficient (Wildman–Crippen LogP) is 1.64.